The Kier molecular flexibility index (Phi) is 37.1. The summed E-state index contributed by atoms with van der Waals surface area (Å²) in [5.41, 5.74) is -12.8. The second-order valence-electron chi connectivity index (χ2n) is 36.8. The van der Waals surface area contributed by atoms with E-state index in [1.165, 1.54) is 46.0 Å². The van der Waals surface area contributed by atoms with E-state index in [1.54, 1.807) is 27.7 Å². The maximum atomic E-state index is 13.0. The van der Waals surface area contributed by atoms with Crippen LogP contribution in [0.1, 0.15) is 324 Å². The molecule has 10 fully saturated rings. The smallest absolute Gasteiger partial charge is 0.171 e. The molecule has 0 aromatic carbocycles. The maximum absolute atomic E-state index is 13.0. The summed E-state index contributed by atoms with van der Waals surface area (Å²) in [7, 11) is 0. The molecular weight excluding hydrogens is 1520 g/mol. The third-order valence-corrected chi connectivity index (χ3v) is 28.4. The van der Waals surface area contributed by atoms with Gasteiger partial charge in [-0.15, -0.1) is 0 Å². The Labute approximate surface area is 629 Å². The fourth-order valence-corrected chi connectivity index (χ4v) is 17.6. The van der Waals surface area contributed by atoms with Gasteiger partial charge in [0.1, 0.15) is 0 Å². The van der Waals surface area contributed by atoms with Gasteiger partial charge in [0.25, 0.3) is 0 Å². The van der Waals surface area contributed by atoms with Crippen LogP contribution in [-0.2, 0) is 0 Å². The lowest BCUT2D eigenvalue weighted by atomic mass is 9.55. The van der Waals surface area contributed by atoms with Gasteiger partial charge < -0.3 is 0 Å². The summed E-state index contributed by atoms with van der Waals surface area (Å²) in [4.78, 5) is 0. The van der Waals surface area contributed by atoms with Gasteiger partial charge in [0.15, 0.2) is 16.2 Å². The van der Waals surface area contributed by atoms with Gasteiger partial charge in [-0.25, -0.2) is 0 Å². The van der Waals surface area contributed by atoms with E-state index >= 15 is 0 Å². The van der Waals surface area contributed by atoms with Crippen molar-refractivity contribution < 1.29 is 132 Å². The van der Waals surface area contributed by atoms with Crippen molar-refractivity contribution in [2.45, 2.75) is 385 Å². The number of hydrogen-bond acceptors (Lipinski definition) is 0. The van der Waals surface area contributed by atoms with Gasteiger partial charge in [0.2, 0.25) is 0 Å². The molecule has 10 aliphatic carbocycles. The van der Waals surface area contributed by atoms with Crippen molar-refractivity contribution >= 4 is 0 Å². The van der Waals surface area contributed by atoms with Gasteiger partial charge in [-0.1, -0.05) is 182 Å². The summed E-state index contributed by atoms with van der Waals surface area (Å²) in [6.07, 6.45) is -33.3. The van der Waals surface area contributed by atoms with E-state index in [1.807, 2.05) is 41.5 Å². The van der Waals surface area contributed by atoms with Crippen molar-refractivity contribution in [3.05, 3.63) is 0 Å². The van der Waals surface area contributed by atoms with E-state index in [9.17, 15) is 132 Å². The van der Waals surface area contributed by atoms with Crippen LogP contribution in [0, 0.1) is 114 Å². The molecule has 0 radical (unpaired) electrons. The van der Waals surface area contributed by atoms with Crippen molar-refractivity contribution in [1.82, 2.24) is 0 Å². The monoisotopic (exact) mass is 1650 g/mol. The highest BCUT2D eigenvalue weighted by molar-refractivity contribution is 5.03. The number of hydrogen-bond donors (Lipinski definition) is 0. The largest absolute Gasteiger partial charge is 0.403 e. The quantitative estimate of drug-likeness (QED) is 0.230. The Bertz CT molecular complexity index is 2480. The molecule has 0 saturated heterocycles. The third kappa shape index (κ3) is 27.2. The molecule has 1 spiro atoms. The number of halogens is 30. The van der Waals surface area contributed by atoms with Crippen molar-refractivity contribution in [2.24, 2.45) is 114 Å². The van der Waals surface area contributed by atoms with E-state index in [0.29, 0.717) is 50.4 Å². The molecule has 7 atom stereocenters. The van der Waals surface area contributed by atoms with E-state index in [-0.39, 0.29) is 80.5 Å². The molecule has 0 amide bonds. The molecule has 3 unspecified atom stereocenters. The molecule has 0 nitrogen and oxygen atoms in total. The second-order valence-corrected chi connectivity index (χ2v) is 36.8. The molecule has 0 heterocycles. The van der Waals surface area contributed by atoms with Crippen LogP contribution < -0.4 is 0 Å². The average molecular weight is 1650 g/mol. The van der Waals surface area contributed by atoms with Crippen molar-refractivity contribution in [3.63, 3.8) is 0 Å². The van der Waals surface area contributed by atoms with Gasteiger partial charge in [-0.3, -0.25) is 0 Å². The fraction of sp³-hybridized carbons (Fsp3) is 1.00. The SMILES string of the molecule is C.CC(C)(C)C(C)(C)C(C)(C)C(F)(F)F.CC1CCC(C(F)(F)F)(C(F)(F)F)CC1.CC1CCC(C(F)(F)F)CC1.CC1CCC2(CC1)CCC(C(F)(F)F)(C(F)(F)F)CC2.CC1CCCC(C(F)(F)F)[C@@H]1C.C[C@@H]1CCCC(C(F)(F)F)C1.C[C@@H]1CCCCC1(C(F)(F)F)C(F)(F)F.C[C@H]1CC2CCC1(C)CC2. The number of rotatable bonds is 1. The predicted octanol–water partition coefficient (Wildman–Crippen LogP) is 33.4. The van der Waals surface area contributed by atoms with Crippen molar-refractivity contribution in [1.29, 1.82) is 0 Å². The Balaban J connectivity index is 0.000000627. The van der Waals surface area contributed by atoms with Crippen LogP contribution in [0.3, 0.4) is 0 Å². The summed E-state index contributed by atoms with van der Waals surface area (Å²) in [6.45, 7) is 28.8. The topological polar surface area (TPSA) is 0 Å². The Hall–Kier alpha value is -2.10. The summed E-state index contributed by atoms with van der Waals surface area (Å²) < 4.78 is 377. The maximum Gasteiger partial charge on any atom is 0.403 e. The minimum Gasteiger partial charge on any atom is -0.171 e. The lowest BCUT2D eigenvalue weighted by Crippen LogP contribution is -2.55. The average Bonchev–Trinajstić information content (AvgIpc) is 0.755. The van der Waals surface area contributed by atoms with Crippen LogP contribution >= 0.6 is 0 Å². The molecule has 654 valence electrons. The van der Waals surface area contributed by atoms with Crippen LogP contribution in [0.5, 0.6) is 0 Å². The Morgan fingerprint density at radius 1 is 0.284 bits per heavy atom. The predicted molar refractivity (Wildman–Crippen MR) is 367 cm³/mol. The van der Waals surface area contributed by atoms with Crippen LogP contribution in [0.15, 0.2) is 0 Å². The highest BCUT2D eigenvalue weighted by Gasteiger charge is 2.74. The molecule has 10 aliphatic rings. The minimum atomic E-state index is -5.20. The molecule has 0 aromatic heterocycles. The first-order valence-corrected chi connectivity index (χ1v) is 38.8. The highest BCUT2D eigenvalue weighted by atomic mass is 19.5. The molecular formula is C79H128F30. The molecule has 0 aliphatic heterocycles. The van der Waals surface area contributed by atoms with Crippen LogP contribution in [-0.4, -0.2) is 61.8 Å². The molecule has 10 saturated carbocycles. The van der Waals surface area contributed by atoms with Crippen LogP contribution in [0.4, 0.5) is 132 Å². The standard InChI is InChI=1S/C14H20F6.C11H21F3.C10H18.2C9H12F6.C9H15F3.2C8H13F3.CH4/c1-10-2-4-11(5-3-10)6-8-12(9-7-11,13(15,16)17)14(18,19)20;1-8(2,3)9(4,5)10(6,7)11(12,13)14;1-8-7-9-3-5-10(8,2)6-4-9;1-6-2-4-7(5-3-6,8(10,11)12)9(13,14)15;1-6-4-2-3-5-7(6,8(10,11)12)9(13,14)15;1-6-4-3-5-8(7(6)2)9(10,11)12;1-6-2-4-7(5-3-6)8(9,10)11;1-6-3-2-4-7(5-6)8(9,10)11;/h10H,2-9H2,1H3;1-7H3;8-9H,3-7H2,1-2H3;2*6H,2-5H2,1H3;6-8H,3-5H2,1-2H3;2*6-7H,2-5H2,1H3;1H4/t;;8-,9?,10?;;6-;6?,7-,8?;;6-,7?;/m..0.11.1./s1. The molecule has 30 heteroatoms. The third-order valence-electron chi connectivity index (χ3n) is 28.4. The van der Waals surface area contributed by atoms with Gasteiger partial charge in [0.05, 0.1) is 23.2 Å². The molecule has 109 heavy (non-hydrogen) atoms. The Morgan fingerprint density at radius 3 is 0.954 bits per heavy atom. The lowest BCUT2D eigenvalue weighted by molar-refractivity contribution is -0.364. The first kappa shape index (κ1) is 105. The van der Waals surface area contributed by atoms with Crippen LogP contribution in [0.2, 0.25) is 0 Å². The number of fused-ring (bicyclic) bond motifs is 3. The van der Waals surface area contributed by atoms with Gasteiger partial charge in [-0.05, 0) is 216 Å². The first-order chi connectivity index (χ1) is 48.1. The van der Waals surface area contributed by atoms with E-state index in [4.69, 9.17) is 0 Å². The second kappa shape index (κ2) is 38.5. The lowest BCUT2D eigenvalue weighted by Gasteiger charge is -2.51. The summed E-state index contributed by atoms with van der Waals surface area (Å²) in [5, 5.41) is 0. The number of alkyl halides is 30. The normalized spacial score (nSPS) is 30.2. The molecule has 0 aromatic rings. The first-order valence-electron chi connectivity index (χ1n) is 38.8. The minimum absolute atomic E-state index is 0. The molecule has 2 bridgehead atoms. The fourth-order valence-electron chi connectivity index (χ4n) is 17.6. The van der Waals surface area contributed by atoms with E-state index in [2.05, 4.69) is 20.8 Å². The van der Waals surface area contributed by atoms with Crippen molar-refractivity contribution in [3.8, 4) is 0 Å². The summed E-state index contributed by atoms with van der Waals surface area (Å²) in [5.74, 6) is -1.08. The summed E-state index contributed by atoms with van der Waals surface area (Å²) >= 11 is 0. The van der Waals surface area contributed by atoms with Crippen LogP contribution in [0.25, 0.3) is 0 Å². The molecule has 10 rings (SSSR count). The van der Waals surface area contributed by atoms with Gasteiger partial charge in [0, 0.05) is 0 Å². The van der Waals surface area contributed by atoms with E-state index < -0.39 is 145 Å². The summed E-state index contributed by atoms with van der Waals surface area (Å²) in [6, 6.07) is 0. The Morgan fingerprint density at radius 2 is 0.670 bits per heavy atom. The zero-order valence-electron chi connectivity index (χ0n) is 65.9. The van der Waals surface area contributed by atoms with Crippen molar-refractivity contribution in [2.75, 3.05) is 0 Å². The van der Waals surface area contributed by atoms with E-state index in [0.717, 1.165) is 88.4 Å². The highest BCUT2D eigenvalue weighted by Crippen LogP contribution is 2.66. The zero-order chi connectivity index (χ0) is 84.6. The zero-order valence-corrected chi connectivity index (χ0v) is 65.9. The van der Waals surface area contributed by atoms with Gasteiger partial charge in [-0.2, -0.15) is 132 Å². The molecule has 0 N–H and O–H groups in total. The van der Waals surface area contributed by atoms with Gasteiger partial charge >= 0.3 is 61.8 Å².